The largest absolute Gasteiger partial charge is 0.382 e. The molecule has 0 aliphatic heterocycles. The van der Waals surface area contributed by atoms with Gasteiger partial charge in [0.1, 0.15) is 11.5 Å². The van der Waals surface area contributed by atoms with Crippen LogP contribution in [0.15, 0.2) is 64.6 Å². The summed E-state index contributed by atoms with van der Waals surface area (Å²) in [5.41, 5.74) is 9.08. The highest BCUT2D eigenvalue weighted by atomic mass is 15.0. The Morgan fingerprint density at radius 2 is 1.64 bits per heavy atom. The summed E-state index contributed by atoms with van der Waals surface area (Å²) in [7, 11) is 3.16. The highest BCUT2D eigenvalue weighted by Gasteiger charge is 2.11. The van der Waals surface area contributed by atoms with Gasteiger partial charge in [-0.25, -0.2) is 0 Å². The first-order valence-corrected chi connectivity index (χ1v) is 6.86. The molecule has 22 heavy (non-hydrogen) atoms. The highest BCUT2D eigenvalue weighted by molar-refractivity contribution is 6.68. The molecule has 0 aliphatic rings. The SMILES string of the molecule is C/N=C(C(=N)Nc1cccc(-c2ccccc2)c1)\C(N)=N/C. The number of anilines is 1. The first kappa shape index (κ1) is 15.4. The van der Waals surface area contributed by atoms with Crippen molar-refractivity contribution in [2.75, 3.05) is 19.4 Å². The summed E-state index contributed by atoms with van der Waals surface area (Å²) in [6, 6.07) is 17.9. The fraction of sp³-hybridized carbons (Fsp3) is 0.118. The third-order valence-electron chi connectivity index (χ3n) is 3.18. The fourth-order valence-corrected chi connectivity index (χ4v) is 2.07. The maximum absolute atomic E-state index is 8.09. The Morgan fingerprint density at radius 1 is 0.955 bits per heavy atom. The molecule has 0 saturated carbocycles. The number of aliphatic imine (C=N–C) groups is 2. The molecule has 0 fully saturated rings. The molecular weight excluding hydrogens is 274 g/mol. The molecule has 0 amide bonds. The number of hydrogen-bond donors (Lipinski definition) is 3. The Labute approximate surface area is 130 Å². The second-order valence-corrected chi connectivity index (χ2v) is 4.63. The van der Waals surface area contributed by atoms with Crippen LogP contribution in [0, 0.1) is 5.41 Å². The van der Waals surface area contributed by atoms with E-state index in [0.717, 1.165) is 16.8 Å². The maximum atomic E-state index is 8.09. The van der Waals surface area contributed by atoms with Crippen molar-refractivity contribution in [2.24, 2.45) is 15.7 Å². The first-order chi connectivity index (χ1) is 10.7. The standard InChI is InChI=1S/C17H19N5/c1-20-15(16(18)21-2)17(19)22-14-10-6-9-13(11-14)12-7-4-3-5-8-12/h3-11H,1-2H3,(H2,18,21)(H2,19,22)/b20-15+. The third-order valence-corrected chi connectivity index (χ3v) is 3.18. The summed E-state index contributed by atoms with van der Waals surface area (Å²) in [6.07, 6.45) is 0. The van der Waals surface area contributed by atoms with E-state index in [-0.39, 0.29) is 11.7 Å². The van der Waals surface area contributed by atoms with E-state index >= 15 is 0 Å². The van der Waals surface area contributed by atoms with Gasteiger partial charge < -0.3 is 11.1 Å². The van der Waals surface area contributed by atoms with Crippen LogP contribution in [-0.4, -0.2) is 31.5 Å². The van der Waals surface area contributed by atoms with Gasteiger partial charge in [0.2, 0.25) is 0 Å². The van der Waals surface area contributed by atoms with Gasteiger partial charge in [0, 0.05) is 19.8 Å². The van der Waals surface area contributed by atoms with E-state index in [9.17, 15) is 0 Å². The smallest absolute Gasteiger partial charge is 0.152 e. The Morgan fingerprint density at radius 3 is 2.27 bits per heavy atom. The Bertz CT molecular complexity index is 717. The molecule has 0 saturated heterocycles. The van der Waals surface area contributed by atoms with Crippen molar-refractivity contribution in [3.63, 3.8) is 0 Å². The summed E-state index contributed by atoms with van der Waals surface area (Å²) >= 11 is 0. The normalized spacial score (nSPS) is 12.1. The van der Waals surface area contributed by atoms with Gasteiger partial charge in [-0.2, -0.15) is 0 Å². The molecule has 4 N–H and O–H groups in total. The lowest BCUT2D eigenvalue weighted by molar-refractivity contribution is 1.39. The third kappa shape index (κ3) is 3.58. The molecule has 2 rings (SSSR count). The van der Waals surface area contributed by atoms with Crippen molar-refractivity contribution < 1.29 is 0 Å². The molecule has 0 aromatic heterocycles. The number of amidine groups is 2. The summed E-state index contributed by atoms with van der Waals surface area (Å²) < 4.78 is 0. The van der Waals surface area contributed by atoms with E-state index in [1.807, 2.05) is 54.6 Å². The van der Waals surface area contributed by atoms with Gasteiger partial charge >= 0.3 is 0 Å². The molecule has 112 valence electrons. The number of hydrogen-bond acceptors (Lipinski definition) is 3. The van der Waals surface area contributed by atoms with Crippen molar-refractivity contribution in [1.82, 2.24) is 0 Å². The predicted octanol–water partition coefficient (Wildman–Crippen LogP) is 2.80. The van der Waals surface area contributed by atoms with Crippen molar-refractivity contribution >= 4 is 23.1 Å². The number of rotatable bonds is 4. The quantitative estimate of drug-likeness (QED) is 0.598. The Hall–Kier alpha value is -2.95. The minimum atomic E-state index is 0.121. The van der Waals surface area contributed by atoms with Crippen molar-refractivity contribution in [3.05, 3.63) is 54.6 Å². The van der Waals surface area contributed by atoms with E-state index in [0.29, 0.717) is 5.71 Å². The van der Waals surface area contributed by atoms with Gasteiger partial charge in [0.15, 0.2) is 5.84 Å². The predicted molar refractivity (Wildman–Crippen MR) is 94.1 cm³/mol. The number of benzene rings is 2. The second-order valence-electron chi connectivity index (χ2n) is 4.63. The van der Waals surface area contributed by atoms with E-state index in [4.69, 9.17) is 11.1 Å². The van der Waals surface area contributed by atoms with Gasteiger partial charge in [-0.3, -0.25) is 15.4 Å². The van der Waals surface area contributed by atoms with Crippen LogP contribution < -0.4 is 11.1 Å². The number of nitrogens with one attached hydrogen (secondary N) is 2. The first-order valence-electron chi connectivity index (χ1n) is 6.86. The molecule has 5 heteroatoms. The maximum Gasteiger partial charge on any atom is 0.152 e. The zero-order valence-electron chi connectivity index (χ0n) is 12.7. The van der Waals surface area contributed by atoms with Crippen LogP contribution in [0.5, 0.6) is 0 Å². The van der Waals surface area contributed by atoms with Gasteiger partial charge in [-0.05, 0) is 23.3 Å². The van der Waals surface area contributed by atoms with E-state index < -0.39 is 0 Å². The van der Waals surface area contributed by atoms with E-state index in [1.54, 1.807) is 14.1 Å². The Kier molecular flexibility index (Phi) is 5.03. The summed E-state index contributed by atoms with van der Waals surface area (Å²) in [6.45, 7) is 0. The van der Waals surface area contributed by atoms with Crippen LogP contribution in [0.3, 0.4) is 0 Å². The second kappa shape index (κ2) is 7.17. The lowest BCUT2D eigenvalue weighted by Crippen LogP contribution is -2.34. The van der Waals surface area contributed by atoms with Crippen LogP contribution in [0.1, 0.15) is 0 Å². The van der Waals surface area contributed by atoms with Crippen LogP contribution in [0.25, 0.3) is 11.1 Å². The monoisotopic (exact) mass is 293 g/mol. The molecule has 0 atom stereocenters. The molecule has 0 spiro atoms. The van der Waals surface area contributed by atoms with Crippen molar-refractivity contribution in [2.45, 2.75) is 0 Å². The van der Waals surface area contributed by atoms with Gasteiger partial charge in [-0.1, -0.05) is 42.5 Å². The zero-order chi connectivity index (χ0) is 15.9. The highest BCUT2D eigenvalue weighted by Crippen LogP contribution is 2.22. The van der Waals surface area contributed by atoms with Crippen molar-refractivity contribution in [1.29, 1.82) is 5.41 Å². The molecule has 0 heterocycles. The van der Waals surface area contributed by atoms with Crippen LogP contribution in [-0.2, 0) is 0 Å². The van der Waals surface area contributed by atoms with Crippen LogP contribution >= 0.6 is 0 Å². The molecule has 2 aromatic carbocycles. The van der Waals surface area contributed by atoms with Crippen LogP contribution in [0.4, 0.5) is 5.69 Å². The fourth-order valence-electron chi connectivity index (χ4n) is 2.07. The zero-order valence-corrected chi connectivity index (χ0v) is 12.7. The van der Waals surface area contributed by atoms with Gasteiger partial charge in [0.05, 0.1) is 0 Å². The number of nitrogens with two attached hydrogens (primary N) is 1. The average molecular weight is 293 g/mol. The summed E-state index contributed by atoms with van der Waals surface area (Å²) in [4.78, 5) is 7.88. The topological polar surface area (TPSA) is 86.6 Å². The summed E-state index contributed by atoms with van der Waals surface area (Å²) in [5, 5.41) is 11.1. The van der Waals surface area contributed by atoms with Gasteiger partial charge in [-0.15, -0.1) is 0 Å². The Balaban J connectivity index is 2.23. The summed E-state index contributed by atoms with van der Waals surface area (Å²) in [5.74, 6) is 0.357. The minimum absolute atomic E-state index is 0.121. The average Bonchev–Trinajstić information content (AvgIpc) is 2.56. The minimum Gasteiger partial charge on any atom is -0.382 e. The molecule has 0 aliphatic carbocycles. The molecule has 2 aromatic rings. The van der Waals surface area contributed by atoms with Crippen molar-refractivity contribution in [3.8, 4) is 11.1 Å². The van der Waals surface area contributed by atoms with Gasteiger partial charge in [0.25, 0.3) is 0 Å². The molecule has 0 unspecified atom stereocenters. The lowest BCUT2D eigenvalue weighted by Gasteiger charge is -2.11. The molecular formula is C17H19N5. The lowest BCUT2D eigenvalue weighted by atomic mass is 10.1. The van der Waals surface area contributed by atoms with Crippen LogP contribution in [0.2, 0.25) is 0 Å². The number of nitrogens with zero attached hydrogens (tertiary/aromatic N) is 2. The van der Waals surface area contributed by atoms with E-state index in [2.05, 4.69) is 15.3 Å². The molecule has 5 nitrogen and oxygen atoms in total. The van der Waals surface area contributed by atoms with E-state index in [1.165, 1.54) is 0 Å². The molecule has 0 bridgehead atoms. The molecule has 0 radical (unpaired) electrons.